The lowest BCUT2D eigenvalue weighted by molar-refractivity contribution is 0.0951. The molecule has 0 spiro atoms. The van der Waals surface area contributed by atoms with Gasteiger partial charge in [0, 0.05) is 30.4 Å². The molecule has 3 aromatic rings. The minimum absolute atomic E-state index is 0.170. The van der Waals surface area contributed by atoms with E-state index < -0.39 is 0 Å². The van der Waals surface area contributed by atoms with Crippen LogP contribution in [0.5, 0.6) is 0 Å². The van der Waals surface area contributed by atoms with Crippen molar-refractivity contribution in [3.05, 3.63) is 52.8 Å². The number of aromatic nitrogens is 3. The van der Waals surface area contributed by atoms with E-state index in [1.165, 1.54) is 32.1 Å². The summed E-state index contributed by atoms with van der Waals surface area (Å²) in [4.78, 5) is 17.7. The SMILES string of the molecule is CCn1ncc2c(N[C@H](C)C3CCCCC3)c(C(=O)NCc3ccccc3Cl)cnc21. The molecule has 1 amide bonds. The van der Waals surface area contributed by atoms with Crippen LogP contribution in [0.2, 0.25) is 5.02 Å². The zero-order valence-corrected chi connectivity index (χ0v) is 19.0. The van der Waals surface area contributed by atoms with E-state index in [1.807, 2.05) is 42.1 Å². The number of pyridine rings is 1. The quantitative estimate of drug-likeness (QED) is 0.515. The van der Waals surface area contributed by atoms with Crippen molar-refractivity contribution in [2.24, 2.45) is 5.92 Å². The number of nitrogens with zero attached hydrogens (tertiary/aromatic N) is 3. The number of amides is 1. The fourth-order valence-electron chi connectivity index (χ4n) is 4.48. The lowest BCUT2D eigenvalue weighted by Gasteiger charge is -2.29. The molecule has 1 aliphatic carbocycles. The third-order valence-electron chi connectivity index (χ3n) is 6.34. The third kappa shape index (κ3) is 4.69. The van der Waals surface area contributed by atoms with Gasteiger partial charge in [-0.25, -0.2) is 9.67 Å². The largest absolute Gasteiger partial charge is 0.381 e. The maximum absolute atomic E-state index is 13.2. The van der Waals surface area contributed by atoms with Gasteiger partial charge in [-0.1, -0.05) is 49.1 Å². The topological polar surface area (TPSA) is 71.8 Å². The van der Waals surface area contributed by atoms with Crippen molar-refractivity contribution in [1.82, 2.24) is 20.1 Å². The monoisotopic (exact) mass is 439 g/mol. The van der Waals surface area contributed by atoms with Gasteiger partial charge in [0.1, 0.15) is 0 Å². The molecule has 1 atom stereocenters. The van der Waals surface area contributed by atoms with Gasteiger partial charge in [0.15, 0.2) is 5.65 Å². The molecule has 2 heterocycles. The maximum atomic E-state index is 13.2. The summed E-state index contributed by atoms with van der Waals surface area (Å²) in [6.07, 6.45) is 9.81. The van der Waals surface area contributed by atoms with E-state index in [0.717, 1.165) is 28.8 Å². The molecule has 2 N–H and O–H groups in total. The number of fused-ring (bicyclic) bond motifs is 1. The maximum Gasteiger partial charge on any atom is 0.255 e. The first kappa shape index (κ1) is 21.6. The number of nitrogens with one attached hydrogen (secondary N) is 2. The number of hydrogen-bond acceptors (Lipinski definition) is 4. The van der Waals surface area contributed by atoms with Crippen LogP contribution in [-0.4, -0.2) is 26.7 Å². The predicted octanol–water partition coefficient (Wildman–Crippen LogP) is 5.42. The van der Waals surface area contributed by atoms with Crippen LogP contribution in [0.3, 0.4) is 0 Å². The molecule has 164 valence electrons. The number of carbonyl (C=O) groups is 1. The Balaban J connectivity index is 1.62. The number of rotatable bonds is 7. The smallest absolute Gasteiger partial charge is 0.255 e. The summed E-state index contributed by atoms with van der Waals surface area (Å²) in [6.45, 7) is 5.35. The van der Waals surface area contributed by atoms with Crippen molar-refractivity contribution >= 4 is 34.2 Å². The standard InChI is InChI=1S/C24H30ClN5O/c1-3-30-23-19(15-28-30)22(29-16(2)17-9-5-4-6-10-17)20(14-26-23)24(31)27-13-18-11-7-8-12-21(18)25/h7-8,11-12,14-17H,3-6,9-10,13H2,1-2H3,(H,26,29)(H,27,31)/t16-/m1/s1. The van der Waals surface area contributed by atoms with Gasteiger partial charge in [0.2, 0.25) is 0 Å². The second-order valence-electron chi connectivity index (χ2n) is 8.35. The number of hydrogen-bond donors (Lipinski definition) is 2. The summed E-state index contributed by atoms with van der Waals surface area (Å²) in [5, 5.41) is 12.7. The minimum atomic E-state index is -0.170. The van der Waals surface area contributed by atoms with Crippen molar-refractivity contribution in [2.75, 3.05) is 5.32 Å². The molecule has 1 fully saturated rings. The molecule has 0 saturated heterocycles. The van der Waals surface area contributed by atoms with Gasteiger partial charge >= 0.3 is 0 Å². The Morgan fingerprint density at radius 2 is 2.00 bits per heavy atom. The fourth-order valence-corrected chi connectivity index (χ4v) is 4.68. The second-order valence-corrected chi connectivity index (χ2v) is 8.76. The number of anilines is 1. The summed E-state index contributed by atoms with van der Waals surface area (Å²) in [6, 6.07) is 7.81. The van der Waals surface area contributed by atoms with Crippen LogP contribution in [0.4, 0.5) is 5.69 Å². The number of carbonyl (C=O) groups excluding carboxylic acids is 1. The lowest BCUT2D eigenvalue weighted by atomic mass is 9.84. The molecule has 7 heteroatoms. The third-order valence-corrected chi connectivity index (χ3v) is 6.71. The molecule has 1 saturated carbocycles. The van der Waals surface area contributed by atoms with Crippen molar-refractivity contribution in [3.8, 4) is 0 Å². The van der Waals surface area contributed by atoms with E-state index in [-0.39, 0.29) is 11.9 Å². The Labute approximate surface area is 188 Å². The number of benzene rings is 1. The van der Waals surface area contributed by atoms with E-state index >= 15 is 0 Å². The zero-order chi connectivity index (χ0) is 21.8. The van der Waals surface area contributed by atoms with E-state index in [1.54, 1.807) is 6.20 Å². The predicted molar refractivity (Wildman–Crippen MR) is 125 cm³/mol. The molecule has 1 aliphatic rings. The molecule has 2 aromatic heterocycles. The van der Waals surface area contributed by atoms with Crippen LogP contribution in [0, 0.1) is 5.92 Å². The van der Waals surface area contributed by atoms with Crippen molar-refractivity contribution in [3.63, 3.8) is 0 Å². The molecule has 31 heavy (non-hydrogen) atoms. The van der Waals surface area contributed by atoms with E-state index in [0.29, 0.717) is 23.0 Å². The molecule has 4 rings (SSSR count). The van der Waals surface area contributed by atoms with Gasteiger partial charge in [-0.05, 0) is 44.2 Å². The van der Waals surface area contributed by atoms with Gasteiger partial charge in [0.05, 0.1) is 22.8 Å². The van der Waals surface area contributed by atoms with E-state index in [4.69, 9.17) is 11.6 Å². The summed E-state index contributed by atoms with van der Waals surface area (Å²) in [5.41, 5.74) is 3.04. The zero-order valence-electron chi connectivity index (χ0n) is 18.2. The Morgan fingerprint density at radius 3 is 2.74 bits per heavy atom. The molecular weight excluding hydrogens is 410 g/mol. The fraction of sp³-hybridized carbons (Fsp3) is 0.458. The molecular formula is C24H30ClN5O. The van der Waals surface area contributed by atoms with Crippen molar-refractivity contribution < 1.29 is 4.79 Å². The van der Waals surface area contributed by atoms with Crippen LogP contribution >= 0.6 is 11.6 Å². The highest BCUT2D eigenvalue weighted by molar-refractivity contribution is 6.31. The van der Waals surface area contributed by atoms with Gasteiger partial charge in [0.25, 0.3) is 5.91 Å². The minimum Gasteiger partial charge on any atom is -0.381 e. The van der Waals surface area contributed by atoms with Crippen molar-refractivity contribution in [2.45, 2.75) is 65.1 Å². The Bertz CT molecular complexity index is 1060. The second kappa shape index (κ2) is 9.69. The number of halogens is 1. The van der Waals surface area contributed by atoms with E-state index in [9.17, 15) is 4.79 Å². The number of aryl methyl sites for hydroxylation is 1. The Hall–Kier alpha value is -2.60. The lowest BCUT2D eigenvalue weighted by Crippen LogP contribution is -2.30. The van der Waals surface area contributed by atoms with Crippen LogP contribution in [0.25, 0.3) is 11.0 Å². The Morgan fingerprint density at radius 1 is 1.23 bits per heavy atom. The average Bonchev–Trinajstić information content (AvgIpc) is 3.23. The van der Waals surface area contributed by atoms with Crippen LogP contribution < -0.4 is 10.6 Å². The van der Waals surface area contributed by atoms with Gasteiger partial charge in [-0.2, -0.15) is 5.10 Å². The molecule has 6 nitrogen and oxygen atoms in total. The highest BCUT2D eigenvalue weighted by Crippen LogP contribution is 2.32. The highest BCUT2D eigenvalue weighted by atomic mass is 35.5. The molecule has 0 unspecified atom stereocenters. The van der Waals surface area contributed by atoms with Gasteiger partial charge in [-0.3, -0.25) is 4.79 Å². The highest BCUT2D eigenvalue weighted by Gasteiger charge is 2.24. The molecule has 0 bridgehead atoms. The first-order valence-corrected chi connectivity index (χ1v) is 11.6. The molecule has 0 aliphatic heterocycles. The normalized spacial score (nSPS) is 15.7. The van der Waals surface area contributed by atoms with Crippen LogP contribution in [0.1, 0.15) is 61.9 Å². The van der Waals surface area contributed by atoms with Crippen molar-refractivity contribution in [1.29, 1.82) is 0 Å². The van der Waals surface area contributed by atoms with Gasteiger partial charge < -0.3 is 10.6 Å². The van der Waals surface area contributed by atoms with Crippen LogP contribution in [0.15, 0.2) is 36.7 Å². The Kier molecular flexibility index (Phi) is 6.76. The molecule has 0 radical (unpaired) electrons. The first-order chi connectivity index (χ1) is 15.1. The molecule has 1 aromatic carbocycles. The van der Waals surface area contributed by atoms with Crippen LogP contribution in [-0.2, 0) is 13.1 Å². The van der Waals surface area contributed by atoms with Gasteiger partial charge in [-0.15, -0.1) is 0 Å². The summed E-state index contributed by atoms with van der Waals surface area (Å²) in [5.74, 6) is 0.439. The van der Waals surface area contributed by atoms with E-state index in [2.05, 4.69) is 27.6 Å². The summed E-state index contributed by atoms with van der Waals surface area (Å²) >= 11 is 6.25. The summed E-state index contributed by atoms with van der Waals surface area (Å²) in [7, 11) is 0. The average molecular weight is 440 g/mol. The first-order valence-electron chi connectivity index (χ1n) is 11.2. The summed E-state index contributed by atoms with van der Waals surface area (Å²) < 4.78 is 1.86.